The zero-order chi connectivity index (χ0) is 21.4. The second kappa shape index (κ2) is 16.1. The third-order valence-electron chi connectivity index (χ3n) is 4.15. The SMILES string of the molecule is CC.CC.CCc1cc(C)cc(C)c1OCc1ccccc1.CN1CCNC1. The van der Waals surface area contributed by atoms with Crippen molar-refractivity contribution in [3.8, 4) is 5.75 Å². The lowest BCUT2D eigenvalue weighted by Crippen LogP contribution is -2.15. The van der Waals surface area contributed by atoms with E-state index in [0.717, 1.165) is 25.4 Å². The molecule has 1 aliphatic rings. The average Bonchev–Trinajstić information content (AvgIpc) is 3.22. The van der Waals surface area contributed by atoms with Crippen molar-refractivity contribution in [3.63, 3.8) is 0 Å². The molecule has 28 heavy (non-hydrogen) atoms. The number of rotatable bonds is 4. The Morgan fingerprint density at radius 1 is 1.00 bits per heavy atom. The zero-order valence-electron chi connectivity index (χ0n) is 19.4. The van der Waals surface area contributed by atoms with Gasteiger partial charge in [-0.3, -0.25) is 4.90 Å². The lowest BCUT2D eigenvalue weighted by Gasteiger charge is -2.14. The zero-order valence-corrected chi connectivity index (χ0v) is 19.4. The van der Waals surface area contributed by atoms with E-state index >= 15 is 0 Å². The van der Waals surface area contributed by atoms with E-state index in [4.69, 9.17) is 4.74 Å². The van der Waals surface area contributed by atoms with E-state index in [9.17, 15) is 0 Å². The number of aryl methyl sites for hydroxylation is 3. The first kappa shape index (κ1) is 26.2. The van der Waals surface area contributed by atoms with Crippen LogP contribution < -0.4 is 10.1 Å². The summed E-state index contributed by atoms with van der Waals surface area (Å²) < 4.78 is 6.00. The van der Waals surface area contributed by atoms with Crippen molar-refractivity contribution in [2.24, 2.45) is 0 Å². The third-order valence-corrected chi connectivity index (χ3v) is 4.15. The van der Waals surface area contributed by atoms with Gasteiger partial charge in [-0.15, -0.1) is 0 Å². The Balaban J connectivity index is 0.000000607. The molecule has 0 atom stereocenters. The molecule has 2 aromatic carbocycles. The maximum Gasteiger partial charge on any atom is 0.125 e. The third kappa shape index (κ3) is 9.91. The van der Waals surface area contributed by atoms with Gasteiger partial charge in [0.2, 0.25) is 0 Å². The standard InChI is InChI=1S/C17H20O.C4H10N2.2C2H6/c1-4-16-11-13(2)10-14(3)17(16)18-12-15-8-6-5-7-9-15;1-6-3-2-5-4-6;2*1-2/h5-11H,4,12H2,1-3H3;5H,2-4H2,1H3;2*1-2H3. The highest BCUT2D eigenvalue weighted by Crippen LogP contribution is 2.26. The lowest BCUT2D eigenvalue weighted by atomic mass is 10.0. The van der Waals surface area contributed by atoms with Crippen molar-refractivity contribution < 1.29 is 4.74 Å². The molecule has 0 aliphatic carbocycles. The Labute approximate surface area is 174 Å². The van der Waals surface area contributed by atoms with Gasteiger partial charge >= 0.3 is 0 Å². The van der Waals surface area contributed by atoms with Crippen LogP contribution in [0.4, 0.5) is 0 Å². The van der Waals surface area contributed by atoms with Crippen LogP contribution in [0.2, 0.25) is 0 Å². The van der Waals surface area contributed by atoms with E-state index in [-0.39, 0.29) is 0 Å². The number of nitrogens with one attached hydrogen (secondary N) is 1. The minimum Gasteiger partial charge on any atom is -0.488 e. The Kier molecular flexibility index (Phi) is 15.1. The van der Waals surface area contributed by atoms with Crippen LogP contribution in [-0.4, -0.2) is 31.7 Å². The first-order chi connectivity index (χ1) is 13.6. The molecule has 1 saturated heterocycles. The Morgan fingerprint density at radius 2 is 1.64 bits per heavy atom. The first-order valence-corrected chi connectivity index (χ1v) is 10.8. The lowest BCUT2D eigenvalue weighted by molar-refractivity contribution is 0.301. The molecule has 3 rings (SSSR count). The van der Waals surface area contributed by atoms with Gasteiger partial charge in [-0.05, 0) is 44.0 Å². The van der Waals surface area contributed by atoms with Crippen molar-refractivity contribution in [1.82, 2.24) is 10.2 Å². The fourth-order valence-corrected chi connectivity index (χ4v) is 2.86. The monoisotopic (exact) mass is 386 g/mol. The Morgan fingerprint density at radius 3 is 2.11 bits per heavy atom. The molecule has 0 amide bonds. The van der Waals surface area contributed by atoms with Crippen LogP contribution in [0.25, 0.3) is 0 Å². The highest BCUT2D eigenvalue weighted by atomic mass is 16.5. The number of ether oxygens (including phenoxy) is 1. The molecule has 0 bridgehead atoms. The van der Waals surface area contributed by atoms with Crippen LogP contribution >= 0.6 is 0 Å². The van der Waals surface area contributed by atoms with Crippen LogP contribution in [0.3, 0.4) is 0 Å². The Bertz CT molecular complexity index is 620. The van der Waals surface area contributed by atoms with E-state index in [0.29, 0.717) is 6.61 Å². The quantitative estimate of drug-likeness (QED) is 0.700. The van der Waals surface area contributed by atoms with Gasteiger partial charge in [0.05, 0.1) is 0 Å². The molecule has 3 nitrogen and oxygen atoms in total. The minimum atomic E-state index is 0.637. The summed E-state index contributed by atoms with van der Waals surface area (Å²) in [6.07, 6.45) is 1.01. The molecule has 1 N–H and O–H groups in total. The summed E-state index contributed by atoms with van der Waals surface area (Å²) in [4.78, 5) is 2.25. The van der Waals surface area contributed by atoms with Crippen molar-refractivity contribution in [2.75, 3.05) is 26.8 Å². The van der Waals surface area contributed by atoms with Crippen LogP contribution in [0.15, 0.2) is 42.5 Å². The number of hydrogen-bond donors (Lipinski definition) is 1. The van der Waals surface area contributed by atoms with E-state index in [1.807, 2.05) is 45.9 Å². The molecule has 0 saturated carbocycles. The fraction of sp³-hybridized carbons (Fsp3) is 0.520. The summed E-state index contributed by atoms with van der Waals surface area (Å²) >= 11 is 0. The van der Waals surface area contributed by atoms with E-state index < -0.39 is 0 Å². The molecule has 3 heteroatoms. The predicted octanol–water partition coefficient (Wildman–Crippen LogP) is 5.98. The summed E-state index contributed by atoms with van der Waals surface area (Å²) in [5, 5.41) is 3.20. The molecule has 1 fully saturated rings. The fourth-order valence-electron chi connectivity index (χ4n) is 2.86. The van der Waals surface area contributed by atoms with Crippen LogP contribution in [-0.2, 0) is 13.0 Å². The van der Waals surface area contributed by atoms with Gasteiger partial charge in [0, 0.05) is 19.8 Å². The van der Waals surface area contributed by atoms with Gasteiger partial charge in [0.1, 0.15) is 12.4 Å². The number of hydrogen-bond acceptors (Lipinski definition) is 3. The van der Waals surface area contributed by atoms with Crippen molar-refractivity contribution >= 4 is 0 Å². The van der Waals surface area contributed by atoms with Gasteiger partial charge in [0.25, 0.3) is 0 Å². The normalized spacial score (nSPS) is 12.6. The van der Waals surface area contributed by atoms with Crippen molar-refractivity contribution in [1.29, 1.82) is 0 Å². The first-order valence-electron chi connectivity index (χ1n) is 10.8. The minimum absolute atomic E-state index is 0.637. The summed E-state index contributed by atoms with van der Waals surface area (Å²) in [6, 6.07) is 14.7. The van der Waals surface area contributed by atoms with E-state index in [1.54, 1.807) is 0 Å². The highest BCUT2D eigenvalue weighted by Gasteiger charge is 2.07. The summed E-state index contributed by atoms with van der Waals surface area (Å²) in [6.45, 7) is 18.5. The second-order valence-electron chi connectivity index (χ2n) is 6.44. The molecule has 0 unspecified atom stereocenters. The van der Waals surface area contributed by atoms with E-state index in [1.165, 1.54) is 28.8 Å². The van der Waals surface area contributed by atoms with E-state index in [2.05, 4.69) is 62.3 Å². The molecule has 0 aromatic heterocycles. The maximum atomic E-state index is 6.00. The maximum absolute atomic E-state index is 6.00. The smallest absolute Gasteiger partial charge is 0.125 e. The van der Waals surface area contributed by atoms with Gasteiger partial charge in [-0.2, -0.15) is 0 Å². The van der Waals surface area contributed by atoms with Gasteiger partial charge < -0.3 is 10.1 Å². The molecule has 0 spiro atoms. The van der Waals surface area contributed by atoms with Gasteiger partial charge in [-0.25, -0.2) is 0 Å². The van der Waals surface area contributed by atoms with Crippen molar-refractivity contribution in [2.45, 2.75) is 61.5 Å². The largest absolute Gasteiger partial charge is 0.488 e. The van der Waals surface area contributed by atoms with Crippen LogP contribution in [0, 0.1) is 13.8 Å². The molecule has 2 aromatic rings. The topological polar surface area (TPSA) is 24.5 Å². The van der Waals surface area contributed by atoms with Crippen molar-refractivity contribution in [3.05, 3.63) is 64.7 Å². The molecule has 1 heterocycles. The summed E-state index contributed by atoms with van der Waals surface area (Å²) in [5.74, 6) is 1.05. The van der Waals surface area contributed by atoms with Gasteiger partial charge in [-0.1, -0.05) is 82.6 Å². The number of benzene rings is 2. The molecule has 0 radical (unpaired) electrons. The molecule has 158 valence electrons. The predicted molar refractivity (Wildman–Crippen MR) is 124 cm³/mol. The number of likely N-dealkylation sites (N-methyl/N-ethyl adjacent to an activating group) is 1. The highest BCUT2D eigenvalue weighted by molar-refractivity contribution is 5.44. The van der Waals surface area contributed by atoms with Crippen LogP contribution in [0.5, 0.6) is 5.75 Å². The summed E-state index contributed by atoms with van der Waals surface area (Å²) in [5.41, 5.74) is 5.03. The second-order valence-corrected chi connectivity index (χ2v) is 6.44. The Hall–Kier alpha value is -1.84. The average molecular weight is 387 g/mol. The van der Waals surface area contributed by atoms with Gasteiger partial charge in [0.15, 0.2) is 0 Å². The molecular formula is C25H42N2O. The summed E-state index contributed by atoms with van der Waals surface area (Å²) in [7, 11) is 2.11. The number of nitrogens with zero attached hydrogens (tertiary/aromatic N) is 1. The van der Waals surface area contributed by atoms with Crippen LogP contribution in [0.1, 0.15) is 56.9 Å². The molecule has 1 aliphatic heterocycles. The molecular weight excluding hydrogens is 344 g/mol.